The topological polar surface area (TPSA) is 35.2 Å². The van der Waals surface area contributed by atoms with Gasteiger partial charge in [-0.05, 0) is 36.8 Å². The van der Waals surface area contributed by atoms with Crippen LogP contribution in [0.5, 0.6) is 5.75 Å². The van der Waals surface area contributed by atoms with Gasteiger partial charge in [0, 0.05) is 6.04 Å². The van der Waals surface area contributed by atoms with Crippen LogP contribution in [0.25, 0.3) is 0 Å². The van der Waals surface area contributed by atoms with E-state index in [1.807, 2.05) is 0 Å². The maximum Gasteiger partial charge on any atom is 0.573 e. The first-order valence-corrected chi connectivity index (χ1v) is 5.56. The highest BCUT2D eigenvalue weighted by atomic mass is 19.4. The van der Waals surface area contributed by atoms with Crippen molar-refractivity contribution < 1.29 is 17.9 Å². The first-order chi connectivity index (χ1) is 7.96. The molecule has 94 valence electrons. The lowest BCUT2D eigenvalue weighted by Gasteiger charge is -2.17. The normalized spacial score (nSPS) is 24.9. The van der Waals surface area contributed by atoms with Gasteiger partial charge in [0.2, 0.25) is 0 Å². The van der Waals surface area contributed by atoms with Gasteiger partial charge in [0.05, 0.1) is 0 Å². The minimum Gasteiger partial charge on any atom is -0.405 e. The summed E-state index contributed by atoms with van der Waals surface area (Å²) in [5.41, 5.74) is 6.39. The fourth-order valence-electron chi connectivity index (χ4n) is 2.33. The van der Waals surface area contributed by atoms with Gasteiger partial charge in [0.25, 0.3) is 0 Å². The van der Waals surface area contributed by atoms with Gasteiger partial charge >= 0.3 is 6.36 Å². The van der Waals surface area contributed by atoms with E-state index in [9.17, 15) is 13.2 Å². The molecule has 0 radical (unpaired) electrons. The molecule has 17 heavy (non-hydrogen) atoms. The standard InChI is InChI=1S/C12H14F3NO/c13-12(14,15)17-11-4-2-1-3-10(11)8-5-6-9(16)7-8/h1-4,8-9H,5-7,16H2. The molecule has 0 aliphatic heterocycles. The van der Waals surface area contributed by atoms with Crippen LogP contribution >= 0.6 is 0 Å². The Morgan fingerprint density at radius 1 is 1.18 bits per heavy atom. The highest BCUT2D eigenvalue weighted by Crippen LogP contribution is 2.39. The highest BCUT2D eigenvalue weighted by molar-refractivity contribution is 5.37. The lowest BCUT2D eigenvalue weighted by molar-refractivity contribution is -0.275. The number of halogens is 3. The minimum absolute atomic E-state index is 0.0727. The molecule has 2 nitrogen and oxygen atoms in total. The van der Waals surface area contributed by atoms with Crippen LogP contribution in [0.4, 0.5) is 13.2 Å². The smallest absolute Gasteiger partial charge is 0.405 e. The van der Waals surface area contributed by atoms with Crippen molar-refractivity contribution in [1.82, 2.24) is 0 Å². The molecule has 2 unspecified atom stereocenters. The summed E-state index contributed by atoms with van der Waals surface area (Å²) in [6.45, 7) is 0. The Balaban J connectivity index is 2.22. The first kappa shape index (κ1) is 12.2. The number of para-hydroxylation sites is 1. The zero-order valence-electron chi connectivity index (χ0n) is 9.20. The molecular formula is C12H14F3NO. The van der Waals surface area contributed by atoms with E-state index in [0.717, 1.165) is 19.3 Å². The van der Waals surface area contributed by atoms with E-state index in [2.05, 4.69) is 4.74 Å². The molecule has 0 saturated heterocycles. The van der Waals surface area contributed by atoms with Crippen molar-refractivity contribution >= 4 is 0 Å². The molecule has 0 heterocycles. The lowest BCUT2D eigenvalue weighted by Crippen LogP contribution is -2.19. The Morgan fingerprint density at radius 3 is 2.47 bits per heavy atom. The number of alkyl halides is 3. The van der Waals surface area contributed by atoms with Gasteiger partial charge in [0.1, 0.15) is 5.75 Å². The summed E-state index contributed by atoms with van der Waals surface area (Å²) in [5, 5.41) is 0. The zero-order chi connectivity index (χ0) is 12.5. The summed E-state index contributed by atoms with van der Waals surface area (Å²) in [6, 6.07) is 6.39. The predicted molar refractivity (Wildman–Crippen MR) is 57.7 cm³/mol. The predicted octanol–water partition coefficient (Wildman–Crippen LogP) is 3.18. The molecule has 1 aliphatic rings. The Morgan fingerprint density at radius 2 is 1.88 bits per heavy atom. The molecule has 1 aromatic carbocycles. The van der Waals surface area contributed by atoms with Crippen molar-refractivity contribution in [2.45, 2.75) is 37.6 Å². The molecule has 1 aliphatic carbocycles. The Hall–Kier alpha value is -1.23. The Labute approximate surface area is 97.6 Å². The van der Waals surface area contributed by atoms with Crippen molar-refractivity contribution in [3.8, 4) is 5.75 Å². The van der Waals surface area contributed by atoms with E-state index in [0.29, 0.717) is 5.56 Å². The first-order valence-electron chi connectivity index (χ1n) is 5.56. The van der Waals surface area contributed by atoms with Crippen LogP contribution in [0.1, 0.15) is 30.7 Å². The Bertz CT molecular complexity index is 392. The molecular weight excluding hydrogens is 231 g/mol. The largest absolute Gasteiger partial charge is 0.573 e. The summed E-state index contributed by atoms with van der Waals surface area (Å²) in [5.74, 6) is -0.0253. The van der Waals surface area contributed by atoms with E-state index in [4.69, 9.17) is 5.73 Å². The second kappa shape index (κ2) is 4.56. The van der Waals surface area contributed by atoms with E-state index in [-0.39, 0.29) is 17.7 Å². The van der Waals surface area contributed by atoms with E-state index >= 15 is 0 Å². The van der Waals surface area contributed by atoms with Crippen LogP contribution in [0.15, 0.2) is 24.3 Å². The van der Waals surface area contributed by atoms with Crippen LogP contribution in [-0.2, 0) is 0 Å². The summed E-state index contributed by atoms with van der Waals surface area (Å²) in [6.07, 6.45) is -2.25. The third-order valence-electron chi connectivity index (χ3n) is 3.06. The van der Waals surface area contributed by atoms with Gasteiger partial charge in [-0.25, -0.2) is 0 Å². The summed E-state index contributed by atoms with van der Waals surface area (Å²) >= 11 is 0. The van der Waals surface area contributed by atoms with Gasteiger partial charge in [-0.3, -0.25) is 0 Å². The van der Waals surface area contributed by atoms with Crippen molar-refractivity contribution in [3.63, 3.8) is 0 Å². The van der Waals surface area contributed by atoms with Crippen molar-refractivity contribution in [2.24, 2.45) is 5.73 Å². The van der Waals surface area contributed by atoms with E-state index in [1.165, 1.54) is 6.07 Å². The van der Waals surface area contributed by atoms with Crippen LogP contribution < -0.4 is 10.5 Å². The highest BCUT2D eigenvalue weighted by Gasteiger charge is 2.34. The minimum atomic E-state index is -4.64. The average molecular weight is 245 g/mol. The van der Waals surface area contributed by atoms with Gasteiger partial charge in [-0.15, -0.1) is 13.2 Å². The molecule has 0 aromatic heterocycles. The fraction of sp³-hybridized carbons (Fsp3) is 0.500. The van der Waals surface area contributed by atoms with Crippen LogP contribution in [-0.4, -0.2) is 12.4 Å². The third-order valence-corrected chi connectivity index (χ3v) is 3.06. The molecule has 5 heteroatoms. The second-order valence-corrected chi connectivity index (χ2v) is 4.36. The Kier molecular flexibility index (Phi) is 3.28. The molecule has 2 rings (SSSR count). The molecule has 2 N–H and O–H groups in total. The van der Waals surface area contributed by atoms with E-state index in [1.54, 1.807) is 18.2 Å². The summed E-state index contributed by atoms with van der Waals surface area (Å²) in [4.78, 5) is 0. The van der Waals surface area contributed by atoms with Crippen LogP contribution in [0.2, 0.25) is 0 Å². The molecule has 2 atom stereocenters. The number of hydrogen-bond donors (Lipinski definition) is 1. The summed E-state index contributed by atoms with van der Waals surface area (Å²) < 4.78 is 40.8. The maximum absolute atomic E-state index is 12.2. The fourth-order valence-corrected chi connectivity index (χ4v) is 2.33. The molecule has 0 spiro atoms. The van der Waals surface area contributed by atoms with Gasteiger partial charge in [0.15, 0.2) is 0 Å². The van der Waals surface area contributed by atoms with Crippen LogP contribution in [0, 0.1) is 0 Å². The van der Waals surface area contributed by atoms with Gasteiger partial charge in [-0.2, -0.15) is 0 Å². The number of ether oxygens (including phenoxy) is 1. The number of nitrogens with two attached hydrogens (primary N) is 1. The number of hydrogen-bond acceptors (Lipinski definition) is 2. The molecule has 0 bridgehead atoms. The lowest BCUT2D eigenvalue weighted by atomic mass is 9.96. The monoisotopic (exact) mass is 245 g/mol. The zero-order valence-corrected chi connectivity index (χ0v) is 9.20. The SMILES string of the molecule is NC1CCC(c2ccccc2OC(F)(F)F)C1. The third kappa shape index (κ3) is 3.12. The quantitative estimate of drug-likeness (QED) is 0.868. The maximum atomic E-state index is 12.2. The average Bonchev–Trinajstić information content (AvgIpc) is 2.63. The molecule has 1 aromatic rings. The van der Waals surface area contributed by atoms with Gasteiger partial charge < -0.3 is 10.5 Å². The second-order valence-electron chi connectivity index (χ2n) is 4.36. The van der Waals surface area contributed by atoms with Crippen molar-refractivity contribution in [1.29, 1.82) is 0 Å². The van der Waals surface area contributed by atoms with Gasteiger partial charge in [-0.1, -0.05) is 18.2 Å². The molecule has 1 saturated carbocycles. The van der Waals surface area contributed by atoms with E-state index < -0.39 is 6.36 Å². The molecule has 1 fully saturated rings. The van der Waals surface area contributed by atoms with Crippen LogP contribution in [0.3, 0.4) is 0 Å². The van der Waals surface area contributed by atoms with Crippen molar-refractivity contribution in [2.75, 3.05) is 0 Å². The number of rotatable bonds is 2. The summed E-state index contributed by atoms with van der Waals surface area (Å²) in [7, 11) is 0. The van der Waals surface area contributed by atoms with Crippen molar-refractivity contribution in [3.05, 3.63) is 29.8 Å². The molecule has 0 amide bonds. The number of benzene rings is 1.